The van der Waals surface area contributed by atoms with Gasteiger partial charge in [0.05, 0.1) is 15.5 Å². The van der Waals surface area contributed by atoms with Crippen LogP contribution in [0.5, 0.6) is 0 Å². The number of esters is 1. The van der Waals surface area contributed by atoms with Gasteiger partial charge in [0.2, 0.25) is 15.9 Å². The molecule has 10 heteroatoms. The first-order chi connectivity index (χ1) is 14.9. The molecule has 2 aromatic carbocycles. The number of piperidine rings is 1. The van der Waals surface area contributed by atoms with E-state index in [0.29, 0.717) is 19.0 Å². The monoisotopic (exact) mass is 461 g/mol. The minimum absolute atomic E-state index is 0.00917. The van der Waals surface area contributed by atoms with Crippen molar-refractivity contribution in [3.8, 4) is 11.5 Å². The van der Waals surface area contributed by atoms with Gasteiger partial charge in [0.15, 0.2) is 6.61 Å². The molecular weight excluding hydrogens is 442 g/mol. The van der Waals surface area contributed by atoms with Crippen molar-refractivity contribution in [1.82, 2.24) is 14.5 Å². The Balaban J connectivity index is 1.47. The molecule has 2 heterocycles. The molecule has 1 fully saturated rings. The SMILES string of the molecule is O=C(OCc1nnc(-c2ccccc2)o1)c1cc(S(=O)(=O)N2CCCCC2)ccc1Cl. The Morgan fingerprint density at radius 3 is 2.55 bits per heavy atom. The third kappa shape index (κ3) is 4.79. The second kappa shape index (κ2) is 9.17. The lowest BCUT2D eigenvalue weighted by molar-refractivity contribution is 0.0438. The van der Waals surface area contributed by atoms with Gasteiger partial charge in [-0.05, 0) is 43.2 Å². The van der Waals surface area contributed by atoms with E-state index in [4.69, 9.17) is 20.8 Å². The van der Waals surface area contributed by atoms with Gasteiger partial charge in [0.25, 0.3) is 5.89 Å². The van der Waals surface area contributed by atoms with Crippen LogP contribution in [-0.4, -0.2) is 42.0 Å². The van der Waals surface area contributed by atoms with Crippen LogP contribution in [0.25, 0.3) is 11.5 Å². The first-order valence-corrected chi connectivity index (χ1v) is 11.6. The third-order valence-electron chi connectivity index (χ3n) is 4.92. The molecule has 0 radical (unpaired) electrons. The number of ether oxygens (including phenoxy) is 1. The predicted molar refractivity (Wildman–Crippen MR) is 113 cm³/mol. The normalized spacial score (nSPS) is 15.0. The quantitative estimate of drug-likeness (QED) is 0.512. The van der Waals surface area contributed by atoms with Crippen LogP contribution in [-0.2, 0) is 21.4 Å². The number of rotatable bonds is 6. The van der Waals surface area contributed by atoms with E-state index in [-0.39, 0.29) is 28.0 Å². The number of benzene rings is 2. The molecule has 0 atom stereocenters. The largest absolute Gasteiger partial charge is 0.452 e. The van der Waals surface area contributed by atoms with E-state index in [1.165, 1.54) is 22.5 Å². The van der Waals surface area contributed by atoms with Crippen LogP contribution in [0.3, 0.4) is 0 Å². The molecule has 4 rings (SSSR count). The minimum atomic E-state index is -3.70. The maximum atomic E-state index is 12.9. The van der Waals surface area contributed by atoms with Crippen LogP contribution in [0.2, 0.25) is 5.02 Å². The minimum Gasteiger partial charge on any atom is -0.452 e. The number of halogens is 1. The second-order valence-corrected chi connectivity index (χ2v) is 9.39. The van der Waals surface area contributed by atoms with Crippen LogP contribution < -0.4 is 0 Å². The molecule has 162 valence electrons. The zero-order valence-electron chi connectivity index (χ0n) is 16.5. The maximum Gasteiger partial charge on any atom is 0.340 e. The van der Waals surface area contributed by atoms with Crippen molar-refractivity contribution < 1.29 is 22.4 Å². The molecule has 1 aromatic heterocycles. The molecule has 1 aliphatic rings. The zero-order valence-corrected chi connectivity index (χ0v) is 18.1. The summed E-state index contributed by atoms with van der Waals surface area (Å²) >= 11 is 6.13. The van der Waals surface area contributed by atoms with Gasteiger partial charge in [-0.25, -0.2) is 13.2 Å². The Kier molecular flexibility index (Phi) is 6.35. The second-order valence-electron chi connectivity index (χ2n) is 7.05. The Morgan fingerprint density at radius 1 is 1.06 bits per heavy atom. The van der Waals surface area contributed by atoms with Gasteiger partial charge in [0, 0.05) is 18.7 Å². The van der Waals surface area contributed by atoms with Gasteiger partial charge in [-0.3, -0.25) is 0 Å². The number of nitrogens with zero attached hydrogens (tertiary/aromatic N) is 3. The van der Waals surface area contributed by atoms with Gasteiger partial charge in [0.1, 0.15) is 0 Å². The van der Waals surface area contributed by atoms with Crippen molar-refractivity contribution >= 4 is 27.6 Å². The standard InChI is InChI=1S/C21H20ClN3O5S/c22-18-10-9-16(31(27,28)25-11-5-2-6-12-25)13-17(18)21(26)29-14-19-23-24-20(30-19)15-7-3-1-4-8-15/h1,3-4,7-10,13H,2,5-6,11-12,14H2. The summed E-state index contributed by atoms with van der Waals surface area (Å²) in [6, 6.07) is 13.2. The molecule has 8 nitrogen and oxygen atoms in total. The molecule has 31 heavy (non-hydrogen) atoms. The summed E-state index contributed by atoms with van der Waals surface area (Å²) in [5, 5.41) is 7.90. The molecule has 1 saturated heterocycles. The molecule has 0 saturated carbocycles. The average Bonchev–Trinajstić information content (AvgIpc) is 3.28. The fourth-order valence-electron chi connectivity index (χ4n) is 3.29. The average molecular weight is 462 g/mol. The number of carbonyl (C=O) groups excluding carboxylic acids is 1. The summed E-state index contributed by atoms with van der Waals surface area (Å²) in [5.74, 6) is -0.361. The Bertz CT molecular complexity index is 1170. The molecule has 3 aromatic rings. The summed E-state index contributed by atoms with van der Waals surface area (Å²) in [6.45, 7) is 0.662. The van der Waals surface area contributed by atoms with Crippen LogP contribution in [0.15, 0.2) is 57.8 Å². The first-order valence-electron chi connectivity index (χ1n) is 9.80. The molecule has 0 bridgehead atoms. The zero-order chi connectivity index (χ0) is 21.8. The number of sulfonamides is 1. The molecule has 1 aliphatic heterocycles. The number of aromatic nitrogens is 2. The predicted octanol–water partition coefficient (Wildman–Crippen LogP) is 3.92. The van der Waals surface area contributed by atoms with Crippen molar-refractivity contribution in [3.05, 3.63) is 65.0 Å². The van der Waals surface area contributed by atoms with E-state index in [0.717, 1.165) is 24.8 Å². The third-order valence-corrected chi connectivity index (χ3v) is 7.15. The fourth-order valence-corrected chi connectivity index (χ4v) is 5.03. The molecular formula is C21H20ClN3O5S. The van der Waals surface area contributed by atoms with Crippen molar-refractivity contribution in [2.45, 2.75) is 30.8 Å². The highest BCUT2D eigenvalue weighted by molar-refractivity contribution is 7.89. The molecule has 0 aliphatic carbocycles. The van der Waals surface area contributed by atoms with Crippen LogP contribution in [0.1, 0.15) is 35.5 Å². The highest BCUT2D eigenvalue weighted by Crippen LogP contribution is 2.26. The van der Waals surface area contributed by atoms with Crippen molar-refractivity contribution in [2.75, 3.05) is 13.1 Å². The lowest BCUT2D eigenvalue weighted by Gasteiger charge is -2.26. The Labute approximate surface area is 184 Å². The Morgan fingerprint density at radius 2 is 1.81 bits per heavy atom. The van der Waals surface area contributed by atoms with Crippen LogP contribution in [0, 0.1) is 0 Å². The van der Waals surface area contributed by atoms with Crippen molar-refractivity contribution in [3.63, 3.8) is 0 Å². The smallest absolute Gasteiger partial charge is 0.340 e. The number of hydrogen-bond donors (Lipinski definition) is 0. The summed E-state index contributed by atoms with van der Waals surface area (Å²) in [7, 11) is -3.70. The number of hydrogen-bond acceptors (Lipinski definition) is 7. The molecule has 0 amide bonds. The van der Waals surface area contributed by atoms with Crippen LogP contribution >= 0.6 is 11.6 Å². The van der Waals surface area contributed by atoms with Crippen LogP contribution in [0.4, 0.5) is 0 Å². The van der Waals surface area contributed by atoms with E-state index in [1.807, 2.05) is 30.3 Å². The first kappa shape index (κ1) is 21.5. The summed E-state index contributed by atoms with van der Waals surface area (Å²) in [4.78, 5) is 12.6. The van der Waals surface area contributed by atoms with Gasteiger partial charge in [-0.1, -0.05) is 36.2 Å². The maximum absolute atomic E-state index is 12.9. The van der Waals surface area contributed by atoms with Crippen molar-refractivity contribution in [1.29, 1.82) is 0 Å². The highest BCUT2D eigenvalue weighted by atomic mass is 35.5. The van der Waals surface area contributed by atoms with Gasteiger partial charge in [-0.2, -0.15) is 4.31 Å². The van der Waals surface area contributed by atoms with E-state index in [2.05, 4.69) is 10.2 Å². The van der Waals surface area contributed by atoms with E-state index in [1.54, 1.807) is 0 Å². The molecule has 0 spiro atoms. The topological polar surface area (TPSA) is 103 Å². The molecule has 0 unspecified atom stereocenters. The van der Waals surface area contributed by atoms with Gasteiger partial charge >= 0.3 is 5.97 Å². The highest BCUT2D eigenvalue weighted by Gasteiger charge is 2.27. The fraction of sp³-hybridized carbons (Fsp3) is 0.286. The molecule has 0 N–H and O–H groups in total. The lowest BCUT2D eigenvalue weighted by Crippen LogP contribution is -2.35. The van der Waals surface area contributed by atoms with E-state index >= 15 is 0 Å². The number of carbonyl (C=O) groups is 1. The summed E-state index contributed by atoms with van der Waals surface area (Å²) in [5.41, 5.74) is 0.703. The van der Waals surface area contributed by atoms with Gasteiger partial charge < -0.3 is 9.15 Å². The summed E-state index contributed by atoms with van der Waals surface area (Å²) < 4.78 is 37.9. The lowest BCUT2D eigenvalue weighted by atomic mass is 10.2. The van der Waals surface area contributed by atoms with Gasteiger partial charge in [-0.15, -0.1) is 10.2 Å². The van der Waals surface area contributed by atoms with E-state index < -0.39 is 16.0 Å². The summed E-state index contributed by atoms with van der Waals surface area (Å²) in [6.07, 6.45) is 2.64. The van der Waals surface area contributed by atoms with E-state index in [9.17, 15) is 13.2 Å². The Hall–Kier alpha value is -2.75. The van der Waals surface area contributed by atoms with Crippen molar-refractivity contribution in [2.24, 2.45) is 0 Å².